The number of alkyl halides is 3. The summed E-state index contributed by atoms with van der Waals surface area (Å²) in [5, 5.41) is 0. The first-order valence-electron chi connectivity index (χ1n) is 8.77. The van der Waals surface area contributed by atoms with Gasteiger partial charge >= 0.3 is 12.1 Å². The SMILES string of the molecule is CCOC(=O)c1nccc(N)c1C=NCc1cnc(OCCC(F)(F)F)c(C)c1. The number of pyridine rings is 2. The summed E-state index contributed by atoms with van der Waals surface area (Å²) in [4.78, 5) is 24.3. The molecule has 0 saturated carbocycles. The molecule has 10 heteroatoms. The molecule has 0 spiro atoms. The molecule has 7 nitrogen and oxygen atoms in total. The first-order chi connectivity index (χ1) is 13.7. The van der Waals surface area contributed by atoms with Crippen molar-refractivity contribution in [2.75, 3.05) is 18.9 Å². The lowest BCUT2D eigenvalue weighted by molar-refractivity contribution is -0.139. The Labute approximate surface area is 165 Å². The van der Waals surface area contributed by atoms with E-state index in [0.29, 0.717) is 22.4 Å². The second kappa shape index (κ2) is 9.85. The number of nitrogens with two attached hydrogens (primary N) is 1. The third kappa shape index (κ3) is 6.74. The fourth-order valence-corrected chi connectivity index (χ4v) is 2.35. The summed E-state index contributed by atoms with van der Waals surface area (Å²) in [7, 11) is 0. The van der Waals surface area contributed by atoms with Crippen LogP contribution in [0.25, 0.3) is 0 Å². The average molecular weight is 410 g/mol. The summed E-state index contributed by atoms with van der Waals surface area (Å²) >= 11 is 0. The first-order valence-corrected chi connectivity index (χ1v) is 8.77. The molecule has 0 saturated heterocycles. The summed E-state index contributed by atoms with van der Waals surface area (Å²) in [5.74, 6) is -0.456. The zero-order chi connectivity index (χ0) is 21.4. The molecule has 0 aliphatic rings. The number of esters is 1. The van der Waals surface area contributed by atoms with E-state index in [0.717, 1.165) is 0 Å². The molecule has 0 bridgehead atoms. The molecule has 0 fully saturated rings. The number of halogens is 3. The van der Waals surface area contributed by atoms with E-state index in [1.807, 2.05) is 0 Å². The minimum Gasteiger partial charge on any atom is -0.477 e. The number of hydrogen-bond donors (Lipinski definition) is 1. The Morgan fingerprint density at radius 2 is 2.10 bits per heavy atom. The third-order valence-electron chi connectivity index (χ3n) is 3.70. The maximum absolute atomic E-state index is 12.2. The Kier molecular flexibility index (Phi) is 7.52. The predicted molar refractivity (Wildman–Crippen MR) is 101 cm³/mol. The van der Waals surface area contributed by atoms with Crippen molar-refractivity contribution in [3.63, 3.8) is 0 Å². The average Bonchev–Trinajstić information content (AvgIpc) is 2.64. The van der Waals surface area contributed by atoms with Gasteiger partial charge in [-0.05, 0) is 31.5 Å². The lowest BCUT2D eigenvalue weighted by Gasteiger charge is -2.10. The quantitative estimate of drug-likeness (QED) is 0.528. The lowest BCUT2D eigenvalue weighted by atomic mass is 10.1. The predicted octanol–water partition coefficient (Wildman–Crippen LogP) is 3.49. The monoisotopic (exact) mass is 410 g/mol. The third-order valence-corrected chi connectivity index (χ3v) is 3.70. The highest BCUT2D eigenvalue weighted by Crippen LogP contribution is 2.21. The van der Waals surface area contributed by atoms with Crippen LogP contribution in [-0.4, -0.2) is 41.5 Å². The zero-order valence-electron chi connectivity index (χ0n) is 16.0. The van der Waals surface area contributed by atoms with Crippen LogP contribution < -0.4 is 10.5 Å². The van der Waals surface area contributed by atoms with E-state index in [4.69, 9.17) is 15.2 Å². The van der Waals surface area contributed by atoms with E-state index in [1.54, 1.807) is 26.0 Å². The molecule has 2 rings (SSSR count). The largest absolute Gasteiger partial charge is 0.477 e. The number of carbonyl (C=O) groups is 1. The van der Waals surface area contributed by atoms with Gasteiger partial charge in [0.1, 0.15) is 0 Å². The first kappa shape index (κ1) is 22.1. The summed E-state index contributed by atoms with van der Waals surface area (Å²) in [5.41, 5.74) is 7.95. The van der Waals surface area contributed by atoms with E-state index >= 15 is 0 Å². The minimum atomic E-state index is -4.28. The van der Waals surface area contributed by atoms with Crippen LogP contribution in [0.3, 0.4) is 0 Å². The second-order valence-corrected chi connectivity index (χ2v) is 6.03. The van der Waals surface area contributed by atoms with Crippen molar-refractivity contribution in [1.82, 2.24) is 9.97 Å². The summed E-state index contributed by atoms with van der Waals surface area (Å²) in [6.45, 7) is 3.29. The van der Waals surface area contributed by atoms with Gasteiger partial charge in [0, 0.05) is 35.4 Å². The molecule has 0 radical (unpaired) electrons. The van der Waals surface area contributed by atoms with Gasteiger partial charge in [-0.1, -0.05) is 0 Å². The molecule has 2 aromatic rings. The van der Waals surface area contributed by atoms with Crippen molar-refractivity contribution in [3.8, 4) is 5.88 Å². The molecule has 0 atom stereocenters. The van der Waals surface area contributed by atoms with E-state index in [2.05, 4.69) is 15.0 Å². The molecule has 0 aliphatic carbocycles. The van der Waals surface area contributed by atoms with Gasteiger partial charge in [-0.25, -0.2) is 14.8 Å². The molecule has 2 N–H and O–H groups in total. The lowest BCUT2D eigenvalue weighted by Crippen LogP contribution is -2.13. The van der Waals surface area contributed by atoms with Crippen LogP contribution in [0.4, 0.5) is 18.9 Å². The molecule has 0 unspecified atom stereocenters. The van der Waals surface area contributed by atoms with Crippen LogP contribution >= 0.6 is 0 Å². The molecule has 0 aromatic carbocycles. The van der Waals surface area contributed by atoms with Crippen LogP contribution in [0.5, 0.6) is 5.88 Å². The number of hydrogen-bond acceptors (Lipinski definition) is 7. The number of ether oxygens (including phenoxy) is 2. The Hall–Kier alpha value is -3.17. The van der Waals surface area contributed by atoms with Crippen LogP contribution in [0.2, 0.25) is 0 Å². The molecule has 156 valence electrons. The van der Waals surface area contributed by atoms with Crippen LogP contribution in [0.15, 0.2) is 29.5 Å². The molecular formula is C19H21F3N4O3. The maximum Gasteiger partial charge on any atom is 0.392 e. The van der Waals surface area contributed by atoms with E-state index in [1.165, 1.54) is 18.6 Å². The number of nitrogen functional groups attached to an aromatic ring is 1. The minimum absolute atomic E-state index is 0.0679. The Morgan fingerprint density at radius 1 is 1.34 bits per heavy atom. The highest BCUT2D eigenvalue weighted by molar-refractivity contribution is 6.01. The maximum atomic E-state index is 12.2. The van der Waals surface area contributed by atoms with Gasteiger partial charge in [-0.2, -0.15) is 13.2 Å². The summed E-state index contributed by atoms with van der Waals surface area (Å²) in [6, 6.07) is 3.26. The van der Waals surface area contributed by atoms with Gasteiger partial charge in [0.25, 0.3) is 0 Å². The normalized spacial score (nSPS) is 11.6. The Balaban J connectivity index is 2.06. The van der Waals surface area contributed by atoms with Crippen LogP contribution in [0.1, 0.15) is 40.5 Å². The topological polar surface area (TPSA) is 99.7 Å². The van der Waals surface area contributed by atoms with Gasteiger partial charge in [0.05, 0.1) is 26.2 Å². The van der Waals surface area contributed by atoms with Gasteiger partial charge in [0.15, 0.2) is 5.69 Å². The number of aromatic nitrogens is 2. The standard InChI is InChI=1S/C19H21F3N4O3/c1-3-28-18(27)16-14(15(23)4-6-25-16)11-24-9-13-8-12(2)17(26-10-13)29-7-5-19(20,21)22/h4,6,8,10-11H,3,5,7,9H2,1-2H3,(H2,23,25). The molecule has 2 aromatic heterocycles. The Morgan fingerprint density at radius 3 is 2.76 bits per heavy atom. The number of rotatable bonds is 8. The molecule has 0 aliphatic heterocycles. The van der Waals surface area contributed by atoms with Crippen molar-refractivity contribution >= 4 is 17.9 Å². The van der Waals surface area contributed by atoms with Crippen molar-refractivity contribution < 1.29 is 27.4 Å². The highest BCUT2D eigenvalue weighted by atomic mass is 19.4. The fourth-order valence-electron chi connectivity index (χ4n) is 2.35. The smallest absolute Gasteiger partial charge is 0.392 e. The number of aliphatic imine (C=N–C) groups is 1. The van der Waals surface area contributed by atoms with Gasteiger partial charge < -0.3 is 15.2 Å². The van der Waals surface area contributed by atoms with E-state index in [-0.39, 0.29) is 24.7 Å². The van der Waals surface area contributed by atoms with Gasteiger partial charge in [-0.3, -0.25) is 4.99 Å². The van der Waals surface area contributed by atoms with E-state index < -0.39 is 25.2 Å². The number of carbonyl (C=O) groups excluding carboxylic acids is 1. The molecular weight excluding hydrogens is 389 g/mol. The second-order valence-electron chi connectivity index (χ2n) is 6.03. The fraction of sp³-hybridized carbons (Fsp3) is 0.368. The van der Waals surface area contributed by atoms with E-state index in [9.17, 15) is 18.0 Å². The Bertz CT molecular complexity index is 885. The van der Waals surface area contributed by atoms with Gasteiger partial charge in [0.2, 0.25) is 5.88 Å². The number of aryl methyl sites for hydroxylation is 1. The van der Waals surface area contributed by atoms with Crippen molar-refractivity contribution in [2.24, 2.45) is 4.99 Å². The highest BCUT2D eigenvalue weighted by Gasteiger charge is 2.27. The van der Waals surface area contributed by atoms with Crippen molar-refractivity contribution in [1.29, 1.82) is 0 Å². The van der Waals surface area contributed by atoms with Crippen molar-refractivity contribution in [2.45, 2.75) is 33.0 Å². The molecule has 2 heterocycles. The molecule has 0 amide bonds. The summed E-state index contributed by atoms with van der Waals surface area (Å²) in [6.07, 6.45) is -1.03. The summed E-state index contributed by atoms with van der Waals surface area (Å²) < 4.78 is 46.6. The number of anilines is 1. The van der Waals surface area contributed by atoms with Gasteiger partial charge in [-0.15, -0.1) is 0 Å². The zero-order valence-corrected chi connectivity index (χ0v) is 16.0. The van der Waals surface area contributed by atoms with Crippen molar-refractivity contribution in [3.05, 3.63) is 46.9 Å². The molecule has 29 heavy (non-hydrogen) atoms. The van der Waals surface area contributed by atoms with Crippen LogP contribution in [-0.2, 0) is 11.3 Å². The number of nitrogens with zero attached hydrogens (tertiary/aromatic N) is 3. The van der Waals surface area contributed by atoms with Crippen LogP contribution in [0, 0.1) is 6.92 Å².